The second kappa shape index (κ2) is 8.89. The first-order valence-corrected chi connectivity index (χ1v) is 12.5. The van der Waals surface area contributed by atoms with Gasteiger partial charge in [-0.05, 0) is 73.4 Å². The zero-order valence-corrected chi connectivity index (χ0v) is 21.6. The molecule has 0 aliphatic heterocycles. The number of carbonyl (C=O) groups excluding carboxylic acids is 1. The molecule has 39 heavy (non-hydrogen) atoms. The number of benzene rings is 4. The van der Waals surface area contributed by atoms with Crippen molar-refractivity contribution < 1.29 is 14.3 Å². The van der Waals surface area contributed by atoms with Crippen molar-refractivity contribution in [3.63, 3.8) is 0 Å². The number of nitrogens with two attached hydrogens (primary N) is 1. The Labute approximate surface area is 223 Å². The predicted octanol–water partition coefficient (Wildman–Crippen LogP) is 6.45. The first-order chi connectivity index (χ1) is 18.6. The van der Waals surface area contributed by atoms with Gasteiger partial charge in [0.15, 0.2) is 0 Å². The molecule has 4 aromatic carbocycles. The van der Waals surface area contributed by atoms with E-state index in [4.69, 9.17) is 5.73 Å². The number of primary amides is 1. The Hall–Kier alpha value is -4.82. The molecule has 0 spiro atoms. The number of nitrogens with one attached hydrogen (secondary N) is 2. The van der Waals surface area contributed by atoms with Crippen LogP contribution in [-0.2, 0) is 5.60 Å². The second-order valence-corrected chi connectivity index (χ2v) is 10.2. The number of hydrogen-bond donors (Lipinski definition) is 4. The van der Waals surface area contributed by atoms with Crippen LogP contribution in [0.25, 0.3) is 43.8 Å². The van der Waals surface area contributed by atoms with Gasteiger partial charge in [0.2, 0.25) is 0 Å². The predicted molar refractivity (Wildman–Crippen MR) is 153 cm³/mol. The fraction of sp³-hybridized carbons (Fsp3) is 0.129. The van der Waals surface area contributed by atoms with Crippen LogP contribution in [0.3, 0.4) is 0 Å². The van der Waals surface area contributed by atoms with E-state index in [1.807, 2.05) is 49.4 Å². The molecule has 2 heterocycles. The van der Waals surface area contributed by atoms with Crippen LogP contribution in [0.5, 0.6) is 0 Å². The summed E-state index contributed by atoms with van der Waals surface area (Å²) in [4.78, 5) is 24.2. The number of fused-ring (bicyclic) bond motifs is 4. The normalized spacial score (nSPS) is 11.9. The molecule has 6 rings (SSSR count). The Morgan fingerprint density at radius 1 is 1.00 bits per heavy atom. The third-order valence-electron chi connectivity index (χ3n) is 7.22. The van der Waals surface area contributed by atoms with Gasteiger partial charge in [0.05, 0.1) is 16.7 Å². The van der Waals surface area contributed by atoms with Crippen molar-refractivity contribution in [3.8, 4) is 11.1 Å². The van der Waals surface area contributed by atoms with E-state index < -0.39 is 17.3 Å². The van der Waals surface area contributed by atoms with Crippen LogP contribution in [-0.4, -0.2) is 26.0 Å². The number of hydrogen-bond acceptors (Lipinski definition) is 5. The summed E-state index contributed by atoms with van der Waals surface area (Å²) < 4.78 is 14.3. The molecule has 0 saturated heterocycles. The lowest BCUT2D eigenvalue weighted by Crippen LogP contribution is -2.14. The summed E-state index contributed by atoms with van der Waals surface area (Å²) in [7, 11) is 0. The van der Waals surface area contributed by atoms with Crippen LogP contribution in [0.2, 0.25) is 0 Å². The number of carbonyl (C=O) groups is 1. The van der Waals surface area contributed by atoms with Crippen LogP contribution < -0.4 is 11.1 Å². The van der Waals surface area contributed by atoms with E-state index in [1.54, 1.807) is 32.0 Å². The van der Waals surface area contributed by atoms with Crippen molar-refractivity contribution in [1.29, 1.82) is 0 Å². The largest absolute Gasteiger partial charge is 0.386 e. The molecule has 7 nitrogen and oxygen atoms in total. The standard InChI is InChI=1S/C31H26FN5O2/c1-16-18(6-5-9-24(16)37-30-22-7-4-8-23(32)27(22)34-15-35-30)19-12-13-21(29(33)38)28-26(19)20-11-10-17(31(2,3)39)14-25(20)36-28/h4-15,36,39H,1-3H3,(H2,33,38)(H,34,35,37). The van der Waals surface area contributed by atoms with E-state index >= 15 is 0 Å². The number of H-pyrrole nitrogens is 1. The number of rotatable bonds is 5. The topological polar surface area (TPSA) is 117 Å². The first-order valence-electron chi connectivity index (χ1n) is 12.5. The number of anilines is 2. The second-order valence-electron chi connectivity index (χ2n) is 10.2. The molecule has 6 aromatic rings. The molecular weight excluding hydrogens is 493 g/mol. The van der Waals surface area contributed by atoms with Gasteiger partial charge in [-0.15, -0.1) is 0 Å². The van der Waals surface area contributed by atoms with Gasteiger partial charge < -0.3 is 21.1 Å². The molecule has 0 fully saturated rings. The molecule has 0 atom stereocenters. The molecule has 194 valence electrons. The lowest BCUT2D eigenvalue weighted by molar-refractivity contribution is 0.0787. The molecule has 0 saturated carbocycles. The lowest BCUT2D eigenvalue weighted by atomic mass is 9.92. The van der Waals surface area contributed by atoms with Crippen LogP contribution in [0.4, 0.5) is 15.9 Å². The molecule has 5 N–H and O–H groups in total. The van der Waals surface area contributed by atoms with Gasteiger partial charge >= 0.3 is 0 Å². The highest BCUT2D eigenvalue weighted by atomic mass is 19.1. The van der Waals surface area contributed by atoms with Crippen molar-refractivity contribution in [3.05, 3.63) is 95.6 Å². The smallest absolute Gasteiger partial charge is 0.250 e. The summed E-state index contributed by atoms with van der Waals surface area (Å²) in [6.45, 7) is 5.46. The minimum absolute atomic E-state index is 0.247. The number of para-hydroxylation sites is 1. The zero-order chi connectivity index (χ0) is 27.5. The SMILES string of the molecule is Cc1c(Nc2ncnc3c(F)cccc23)cccc1-c1ccc(C(N)=O)c2[nH]c3cc(C(C)(C)O)ccc3c12. The third kappa shape index (κ3) is 4.06. The molecular formula is C31H26FN5O2. The summed E-state index contributed by atoms with van der Waals surface area (Å²) in [6.07, 6.45) is 1.34. The van der Waals surface area contributed by atoms with Crippen LogP contribution in [0.15, 0.2) is 73.1 Å². The van der Waals surface area contributed by atoms with Crippen LogP contribution in [0.1, 0.15) is 35.3 Å². The third-order valence-corrected chi connectivity index (χ3v) is 7.22. The summed E-state index contributed by atoms with van der Waals surface area (Å²) in [5.41, 5.74) is 11.1. The average molecular weight is 520 g/mol. The summed E-state index contributed by atoms with van der Waals surface area (Å²) >= 11 is 0. The molecule has 8 heteroatoms. The molecule has 0 aliphatic rings. The van der Waals surface area contributed by atoms with Crippen molar-refractivity contribution in [2.45, 2.75) is 26.4 Å². The first kappa shape index (κ1) is 24.5. The molecule has 0 bridgehead atoms. The highest BCUT2D eigenvalue weighted by Crippen LogP contribution is 2.40. The fourth-order valence-corrected chi connectivity index (χ4v) is 5.16. The van der Waals surface area contributed by atoms with Gasteiger partial charge in [-0.1, -0.05) is 36.4 Å². The summed E-state index contributed by atoms with van der Waals surface area (Å²) in [5.74, 6) is -0.441. The molecule has 1 amide bonds. The zero-order valence-electron chi connectivity index (χ0n) is 21.6. The van der Waals surface area contributed by atoms with Gasteiger partial charge in [0, 0.05) is 27.4 Å². The molecule has 0 unspecified atom stereocenters. The minimum Gasteiger partial charge on any atom is -0.386 e. The van der Waals surface area contributed by atoms with Crippen LogP contribution >= 0.6 is 0 Å². The lowest BCUT2D eigenvalue weighted by Gasteiger charge is -2.17. The van der Waals surface area contributed by atoms with Crippen molar-refractivity contribution in [1.82, 2.24) is 15.0 Å². The molecule has 2 aromatic heterocycles. The van der Waals surface area contributed by atoms with E-state index in [9.17, 15) is 14.3 Å². The van der Waals surface area contributed by atoms with E-state index in [2.05, 4.69) is 20.3 Å². The van der Waals surface area contributed by atoms with Gasteiger partial charge in [0.1, 0.15) is 23.5 Å². The highest BCUT2D eigenvalue weighted by Gasteiger charge is 2.21. The van der Waals surface area contributed by atoms with Gasteiger partial charge in [-0.25, -0.2) is 14.4 Å². The van der Waals surface area contributed by atoms with Crippen molar-refractivity contribution in [2.75, 3.05) is 5.32 Å². The maximum absolute atomic E-state index is 14.3. The number of aromatic nitrogens is 3. The Morgan fingerprint density at radius 3 is 2.56 bits per heavy atom. The van der Waals surface area contributed by atoms with E-state index in [-0.39, 0.29) is 5.52 Å². The monoisotopic (exact) mass is 519 g/mol. The summed E-state index contributed by atoms with van der Waals surface area (Å²) in [5, 5.41) is 16.2. The van der Waals surface area contributed by atoms with E-state index in [0.717, 1.165) is 44.2 Å². The summed E-state index contributed by atoms with van der Waals surface area (Å²) in [6, 6.07) is 20.0. The number of aromatic amines is 1. The molecule has 0 aliphatic carbocycles. The molecule has 0 radical (unpaired) electrons. The average Bonchev–Trinajstić information content (AvgIpc) is 3.28. The Balaban J connectivity index is 1.55. The van der Waals surface area contributed by atoms with E-state index in [0.29, 0.717) is 22.3 Å². The minimum atomic E-state index is -1.02. The number of amides is 1. The fourth-order valence-electron chi connectivity index (χ4n) is 5.16. The number of aliphatic hydroxyl groups is 1. The Morgan fingerprint density at radius 2 is 1.79 bits per heavy atom. The Bertz CT molecular complexity index is 1940. The number of nitrogens with zero attached hydrogens (tertiary/aromatic N) is 2. The maximum Gasteiger partial charge on any atom is 0.250 e. The van der Waals surface area contributed by atoms with E-state index in [1.165, 1.54) is 12.4 Å². The van der Waals surface area contributed by atoms with Gasteiger partial charge in [0.25, 0.3) is 5.91 Å². The van der Waals surface area contributed by atoms with Gasteiger partial charge in [-0.3, -0.25) is 4.79 Å². The van der Waals surface area contributed by atoms with Crippen LogP contribution in [0, 0.1) is 12.7 Å². The number of halogens is 1. The van der Waals surface area contributed by atoms with Crippen molar-refractivity contribution >= 4 is 50.1 Å². The van der Waals surface area contributed by atoms with Crippen molar-refractivity contribution in [2.24, 2.45) is 5.73 Å². The Kier molecular flexibility index (Phi) is 5.59. The quantitative estimate of drug-likeness (QED) is 0.209. The van der Waals surface area contributed by atoms with Gasteiger partial charge in [-0.2, -0.15) is 0 Å². The highest BCUT2D eigenvalue weighted by molar-refractivity contribution is 6.20. The maximum atomic E-state index is 14.3.